The summed E-state index contributed by atoms with van der Waals surface area (Å²) in [5.74, 6) is -0.397. The van der Waals surface area contributed by atoms with E-state index in [2.05, 4.69) is 30.2 Å². The number of allylic oxidation sites excluding steroid dienone is 2. The van der Waals surface area contributed by atoms with Crippen LogP contribution < -0.4 is 0 Å². The normalized spacial score (nSPS) is 20.3. The number of ether oxygens (including phenoxy) is 4. The molecule has 0 aromatic rings. The maximum absolute atomic E-state index is 12.9. The number of carbonyl (C=O) groups is 1. The quantitative estimate of drug-likeness (QED) is 0.0197. The lowest BCUT2D eigenvalue weighted by molar-refractivity contribution is -0.301. The highest BCUT2D eigenvalue weighted by Crippen LogP contribution is 2.26. The fraction of sp³-hybridized carbons (Fsp3) is 0.936. The molecule has 0 aromatic carbocycles. The molecule has 6 unspecified atom stereocenters. The minimum absolute atomic E-state index is 0.0369. The molecule has 356 valence electrons. The molecule has 0 saturated carbocycles. The van der Waals surface area contributed by atoms with Gasteiger partial charge in [-0.2, -0.15) is 8.42 Å². The third-order valence-electron chi connectivity index (χ3n) is 11.4. The van der Waals surface area contributed by atoms with Crippen LogP contribution in [0.25, 0.3) is 0 Å². The van der Waals surface area contributed by atoms with E-state index < -0.39 is 59.8 Å². The number of esters is 1. The van der Waals surface area contributed by atoms with Crippen LogP contribution in [-0.4, -0.2) is 97.5 Å². The van der Waals surface area contributed by atoms with Crippen molar-refractivity contribution in [2.45, 2.75) is 256 Å². The molecule has 13 heteroatoms. The molecule has 1 aliphatic heterocycles. The molecule has 60 heavy (non-hydrogen) atoms. The van der Waals surface area contributed by atoms with Gasteiger partial charge in [0, 0.05) is 13.0 Å². The van der Waals surface area contributed by atoms with Crippen molar-refractivity contribution >= 4 is 16.4 Å². The summed E-state index contributed by atoms with van der Waals surface area (Å²) in [7, 11) is -5.06. The molecule has 4 N–H and O–H groups in total. The molecule has 1 aliphatic rings. The molecule has 0 bridgehead atoms. The molecule has 1 heterocycles. The van der Waals surface area contributed by atoms with Gasteiger partial charge in [0.1, 0.15) is 30.5 Å². The van der Waals surface area contributed by atoms with Gasteiger partial charge in [0.2, 0.25) is 0 Å². The Balaban J connectivity index is 2.34. The molecular formula is C47H90O12S. The maximum Gasteiger partial charge on any atom is 0.397 e. The van der Waals surface area contributed by atoms with Gasteiger partial charge in [-0.1, -0.05) is 193 Å². The largest absolute Gasteiger partial charge is 0.457 e. The Kier molecular flexibility index (Phi) is 37.4. The van der Waals surface area contributed by atoms with E-state index in [-0.39, 0.29) is 19.6 Å². The topological polar surface area (TPSA) is 178 Å². The zero-order chi connectivity index (χ0) is 43.9. The van der Waals surface area contributed by atoms with Crippen LogP contribution in [0.1, 0.15) is 219 Å². The first-order chi connectivity index (χ1) is 29.1. The Bertz CT molecular complexity index is 1110. The minimum Gasteiger partial charge on any atom is -0.457 e. The maximum atomic E-state index is 12.9. The Morgan fingerprint density at radius 1 is 0.617 bits per heavy atom. The highest BCUT2D eigenvalue weighted by atomic mass is 32.3. The number of unbranched alkanes of at least 4 members (excludes halogenated alkanes) is 28. The summed E-state index contributed by atoms with van der Waals surface area (Å²) in [6.07, 6.45) is 33.9. The van der Waals surface area contributed by atoms with Gasteiger partial charge in [0.15, 0.2) is 6.29 Å². The van der Waals surface area contributed by atoms with E-state index >= 15 is 0 Å². The predicted octanol–water partition coefficient (Wildman–Crippen LogP) is 10.6. The molecule has 6 atom stereocenters. The molecule has 1 rings (SSSR count). The van der Waals surface area contributed by atoms with Crippen LogP contribution in [0.2, 0.25) is 0 Å². The van der Waals surface area contributed by atoms with Gasteiger partial charge in [-0.05, 0) is 32.1 Å². The van der Waals surface area contributed by atoms with E-state index in [0.29, 0.717) is 13.0 Å². The zero-order valence-corrected chi connectivity index (χ0v) is 38.9. The second kappa shape index (κ2) is 39.4. The fourth-order valence-corrected chi connectivity index (χ4v) is 8.16. The van der Waals surface area contributed by atoms with Crippen molar-refractivity contribution in [2.75, 3.05) is 26.4 Å². The summed E-state index contributed by atoms with van der Waals surface area (Å²) in [5, 5.41) is 30.7. The average Bonchev–Trinajstić information content (AvgIpc) is 3.22. The van der Waals surface area contributed by atoms with Gasteiger partial charge in [-0.25, -0.2) is 4.18 Å². The number of aliphatic hydroxyl groups is 3. The predicted molar refractivity (Wildman–Crippen MR) is 239 cm³/mol. The Labute approximate surface area is 366 Å². The Morgan fingerprint density at radius 3 is 1.55 bits per heavy atom. The van der Waals surface area contributed by atoms with E-state index in [1.807, 2.05) is 0 Å². The highest BCUT2D eigenvalue weighted by molar-refractivity contribution is 7.80. The summed E-state index contributed by atoms with van der Waals surface area (Å²) in [4.78, 5) is 12.9. The van der Waals surface area contributed by atoms with E-state index in [4.69, 9.17) is 23.5 Å². The van der Waals surface area contributed by atoms with Crippen molar-refractivity contribution in [1.29, 1.82) is 0 Å². The third kappa shape index (κ3) is 32.5. The zero-order valence-electron chi connectivity index (χ0n) is 38.0. The first-order valence-corrected chi connectivity index (χ1v) is 25.8. The fourth-order valence-electron chi connectivity index (χ4n) is 7.66. The van der Waals surface area contributed by atoms with Crippen molar-refractivity contribution in [3.05, 3.63) is 12.2 Å². The number of hydrogen-bond donors (Lipinski definition) is 4. The van der Waals surface area contributed by atoms with Gasteiger partial charge >= 0.3 is 16.4 Å². The van der Waals surface area contributed by atoms with Gasteiger partial charge < -0.3 is 34.3 Å². The first kappa shape index (κ1) is 56.9. The lowest BCUT2D eigenvalue weighted by Crippen LogP contribution is -2.60. The van der Waals surface area contributed by atoms with Gasteiger partial charge in [-0.3, -0.25) is 9.35 Å². The summed E-state index contributed by atoms with van der Waals surface area (Å²) in [6.45, 7) is 3.98. The van der Waals surface area contributed by atoms with Crippen molar-refractivity contribution in [1.82, 2.24) is 0 Å². The first-order valence-electron chi connectivity index (χ1n) is 24.4. The van der Waals surface area contributed by atoms with Crippen LogP contribution in [0.3, 0.4) is 0 Å². The third-order valence-corrected chi connectivity index (χ3v) is 11.9. The molecule has 0 amide bonds. The molecular weight excluding hydrogens is 789 g/mol. The second-order valence-electron chi connectivity index (χ2n) is 17.1. The number of hydrogen-bond acceptors (Lipinski definition) is 11. The van der Waals surface area contributed by atoms with Crippen molar-refractivity contribution < 1.29 is 56.2 Å². The molecule has 0 aliphatic carbocycles. The number of rotatable bonds is 43. The SMILES string of the molecule is CCCC/C=C\CCCCCCCCOCC(COC1OC(CO)C(O)C(OS(=O)(=O)O)C1O)OC(=O)CCCCCCCCCCCCCCCCCCCCCCC. The van der Waals surface area contributed by atoms with Gasteiger partial charge in [0.25, 0.3) is 0 Å². The summed E-state index contributed by atoms with van der Waals surface area (Å²) in [6, 6.07) is 0. The molecule has 1 fully saturated rings. The lowest BCUT2D eigenvalue weighted by Gasteiger charge is -2.41. The van der Waals surface area contributed by atoms with E-state index in [0.717, 1.165) is 44.9 Å². The Hall–Kier alpha value is -1.16. The van der Waals surface area contributed by atoms with Crippen molar-refractivity contribution in [3.8, 4) is 0 Å². The van der Waals surface area contributed by atoms with Crippen LogP contribution >= 0.6 is 0 Å². The highest BCUT2D eigenvalue weighted by Gasteiger charge is 2.48. The van der Waals surface area contributed by atoms with Crippen molar-refractivity contribution in [2.24, 2.45) is 0 Å². The van der Waals surface area contributed by atoms with Gasteiger partial charge in [0.05, 0.1) is 19.8 Å². The monoisotopic (exact) mass is 879 g/mol. The van der Waals surface area contributed by atoms with E-state index in [9.17, 15) is 28.5 Å². The van der Waals surface area contributed by atoms with Crippen molar-refractivity contribution in [3.63, 3.8) is 0 Å². The minimum atomic E-state index is -5.06. The van der Waals surface area contributed by atoms with E-state index in [1.165, 1.54) is 148 Å². The lowest BCUT2D eigenvalue weighted by atomic mass is 9.99. The molecule has 1 saturated heterocycles. The molecule has 12 nitrogen and oxygen atoms in total. The Morgan fingerprint density at radius 2 is 1.07 bits per heavy atom. The standard InChI is InChI=1S/C47H90O12S/c1-3-5-7-9-11-13-15-17-18-19-20-21-22-23-24-25-26-28-30-32-34-36-43(49)57-41(39-55-37-35-33-31-29-27-16-14-12-10-8-6-4-2)40-56-47-45(51)46(59-60(52,53)54)44(50)42(38-48)58-47/h10,12,41-42,44-48,50-51H,3-9,11,13-40H2,1-2H3,(H,52,53,54)/b12-10-. The van der Waals surface area contributed by atoms with Crippen LogP contribution in [-0.2, 0) is 38.3 Å². The summed E-state index contributed by atoms with van der Waals surface area (Å²) >= 11 is 0. The molecule has 0 aromatic heterocycles. The van der Waals surface area contributed by atoms with Gasteiger partial charge in [-0.15, -0.1) is 0 Å². The van der Waals surface area contributed by atoms with Crippen LogP contribution in [0.5, 0.6) is 0 Å². The summed E-state index contributed by atoms with van der Waals surface area (Å²) < 4.78 is 59.1. The van der Waals surface area contributed by atoms with Crippen LogP contribution in [0.15, 0.2) is 12.2 Å². The molecule has 0 radical (unpaired) electrons. The van der Waals surface area contributed by atoms with E-state index in [1.54, 1.807) is 0 Å². The van der Waals surface area contributed by atoms with Crippen LogP contribution in [0, 0.1) is 0 Å². The summed E-state index contributed by atoms with van der Waals surface area (Å²) in [5.41, 5.74) is 0. The average molecular weight is 879 g/mol. The van der Waals surface area contributed by atoms with Crippen LogP contribution in [0.4, 0.5) is 0 Å². The second-order valence-corrected chi connectivity index (χ2v) is 18.1. The molecule has 0 spiro atoms. The number of aliphatic hydroxyl groups excluding tert-OH is 3. The smallest absolute Gasteiger partial charge is 0.397 e. The number of carbonyl (C=O) groups excluding carboxylic acids is 1.